The Bertz CT molecular complexity index is 369. The molecule has 1 aliphatic carbocycles. The van der Waals surface area contributed by atoms with E-state index < -0.39 is 0 Å². The number of anilines is 1. The molecule has 3 rings (SSSR count). The van der Waals surface area contributed by atoms with Crippen LogP contribution in [0.15, 0.2) is 18.2 Å². The van der Waals surface area contributed by atoms with Gasteiger partial charge in [0.25, 0.3) is 0 Å². The van der Waals surface area contributed by atoms with Crippen molar-refractivity contribution in [1.29, 1.82) is 0 Å². The van der Waals surface area contributed by atoms with Gasteiger partial charge < -0.3 is 10.6 Å². The zero-order valence-corrected chi connectivity index (χ0v) is 9.22. The molecule has 2 heteroatoms. The minimum Gasteiger partial charge on any atom is -0.383 e. The maximum Gasteiger partial charge on any atom is 0.0374 e. The highest BCUT2D eigenvalue weighted by molar-refractivity contribution is 5.55. The fraction of sp³-hybridized carbons (Fsp3) is 0.538. The van der Waals surface area contributed by atoms with Crippen LogP contribution in [0.25, 0.3) is 0 Å². The standard InChI is InChI=1S/C13H18N2/c1-9-2-5-13-10(6-9)7-12(8-14-13)15-11-3-4-11/h2,5-6,11-12,14-15H,3-4,7-8H2,1H3. The van der Waals surface area contributed by atoms with Crippen molar-refractivity contribution < 1.29 is 0 Å². The van der Waals surface area contributed by atoms with Crippen molar-refractivity contribution in [2.45, 2.75) is 38.3 Å². The lowest BCUT2D eigenvalue weighted by atomic mass is 9.98. The largest absolute Gasteiger partial charge is 0.383 e. The van der Waals surface area contributed by atoms with Crippen molar-refractivity contribution >= 4 is 5.69 Å². The van der Waals surface area contributed by atoms with Gasteiger partial charge in [-0.15, -0.1) is 0 Å². The van der Waals surface area contributed by atoms with E-state index in [0.29, 0.717) is 6.04 Å². The summed E-state index contributed by atoms with van der Waals surface area (Å²) in [4.78, 5) is 0. The molecular formula is C13H18N2. The Labute approximate surface area is 91.1 Å². The van der Waals surface area contributed by atoms with E-state index >= 15 is 0 Å². The Morgan fingerprint density at radius 1 is 1.27 bits per heavy atom. The number of fused-ring (bicyclic) bond motifs is 1. The van der Waals surface area contributed by atoms with Crippen LogP contribution in [-0.4, -0.2) is 18.6 Å². The fourth-order valence-corrected chi connectivity index (χ4v) is 2.34. The Hall–Kier alpha value is -1.02. The second-order valence-electron chi connectivity index (χ2n) is 4.88. The quantitative estimate of drug-likeness (QED) is 0.767. The molecule has 0 bridgehead atoms. The van der Waals surface area contributed by atoms with Gasteiger partial charge in [0, 0.05) is 24.3 Å². The summed E-state index contributed by atoms with van der Waals surface area (Å²) in [5, 5.41) is 7.20. The van der Waals surface area contributed by atoms with Crippen LogP contribution >= 0.6 is 0 Å². The van der Waals surface area contributed by atoms with Gasteiger partial charge in [0.1, 0.15) is 0 Å². The van der Waals surface area contributed by atoms with Gasteiger partial charge in [0.05, 0.1) is 0 Å². The number of hydrogen-bond donors (Lipinski definition) is 2. The van der Waals surface area contributed by atoms with E-state index in [1.54, 1.807) is 0 Å². The molecule has 2 N–H and O–H groups in total. The molecule has 1 heterocycles. The summed E-state index contributed by atoms with van der Waals surface area (Å²) in [6, 6.07) is 8.14. The smallest absolute Gasteiger partial charge is 0.0374 e. The Morgan fingerprint density at radius 3 is 2.93 bits per heavy atom. The second-order valence-corrected chi connectivity index (χ2v) is 4.88. The van der Waals surface area contributed by atoms with Crippen molar-refractivity contribution in [3.8, 4) is 0 Å². The zero-order chi connectivity index (χ0) is 10.3. The lowest BCUT2D eigenvalue weighted by Crippen LogP contribution is -2.41. The molecule has 15 heavy (non-hydrogen) atoms. The Morgan fingerprint density at radius 2 is 2.13 bits per heavy atom. The molecule has 1 unspecified atom stereocenters. The van der Waals surface area contributed by atoms with Gasteiger partial charge in [0.2, 0.25) is 0 Å². The van der Waals surface area contributed by atoms with Gasteiger partial charge in [-0.2, -0.15) is 0 Å². The van der Waals surface area contributed by atoms with Crippen LogP contribution in [0.4, 0.5) is 5.69 Å². The SMILES string of the molecule is Cc1ccc2c(c1)CC(NC1CC1)CN2. The summed E-state index contributed by atoms with van der Waals surface area (Å²) in [5.41, 5.74) is 4.16. The lowest BCUT2D eigenvalue weighted by molar-refractivity contribution is 0.514. The molecule has 0 saturated heterocycles. The average Bonchev–Trinajstić information content (AvgIpc) is 3.01. The monoisotopic (exact) mass is 202 g/mol. The number of benzene rings is 1. The third kappa shape index (κ3) is 2.00. The highest BCUT2D eigenvalue weighted by Crippen LogP contribution is 2.25. The third-order valence-corrected chi connectivity index (χ3v) is 3.31. The van der Waals surface area contributed by atoms with Crippen molar-refractivity contribution in [3.05, 3.63) is 29.3 Å². The summed E-state index contributed by atoms with van der Waals surface area (Å²) in [6.07, 6.45) is 3.93. The van der Waals surface area contributed by atoms with E-state index in [-0.39, 0.29) is 0 Å². The molecule has 1 fully saturated rings. The summed E-state index contributed by atoms with van der Waals surface area (Å²) < 4.78 is 0. The molecule has 2 aliphatic rings. The summed E-state index contributed by atoms with van der Waals surface area (Å²) >= 11 is 0. The topological polar surface area (TPSA) is 24.1 Å². The second kappa shape index (κ2) is 3.53. The van der Waals surface area contributed by atoms with Crippen LogP contribution in [0.5, 0.6) is 0 Å². The fourth-order valence-electron chi connectivity index (χ4n) is 2.34. The van der Waals surface area contributed by atoms with Crippen LogP contribution in [0.2, 0.25) is 0 Å². The summed E-state index contributed by atoms with van der Waals surface area (Å²) in [7, 11) is 0. The predicted molar refractivity (Wildman–Crippen MR) is 63.3 cm³/mol. The first-order chi connectivity index (χ1) is 7.31. The molecule has 1 aliphatic heterocycles. The van der Waals surface area contributed by atoms with E-state index in [1.807, 2.05) is 0 Å². The number of rotatable bonds is 2. The van der Waals surface area contributed by atoms with Crippen molar-refractivity contribution in [1.82, 2.24) is 5.32 Å². The minimum absolute atomic E-state index is 0.631. The van der Waals surface area contributed by atoms with E-state index in [1.165, 1.54) is 36.1 Å². The average molecular weight is 202 g/mol. The zero-order valence-electron chi connectivity index (χ0n) is 9.22. The molecule has 1 aromatic carbocycles. The minimum atomic E-state index is 0.631. The summed E-state index contributed by atoms with van der Waals surface area (Å²) in [5.74, 6) is 0. The molecule has 0 radical (unpaired) electrons. The van der Waals surface area contributed by atoms with E-state index in [2.05, 4.69) is 35.8 Å². The van der Waals surface area contributed by atoms with Crippen LogP contribution in [0.3, 0.4) is 0 Å². The Kier molecular flexibility index (Phi) is 2.17. The highest BCUT2D eigenvalue weighted by Gasteiger charge is 2.26. The molecule has 1 aromatic rings. The van der Waals surface area contributed by atoms with Gasteiger partial charge in [-0.1, -0.05) is 17.7 Å². The molecule has 80 valence electrons. The molecule has 2 nitrogen and oxygen atoms in total. The van der Waals surface area contributed by atoms with Gasteiger partial charge >= 0.3 is 0 Å². The summed E-state index contributed by atoms with van der Waals surface area (Å²) in [6.45, 7) is 3.24. The van der Waals surface area contributed by atoms with Crippen LogP contribution in [-0.2, 0) is 6.42 Å². The number of nitrogens with one attached hydrogen (secondary N) is 2. The first-order valence-corrected chi connectivity index (χ1v) is 5.91. The maximum atomic E-state index is 3.69. The van der Waals surface area contributed by atoms with Crippen molar-refractivity contribution in [3.63, 3.8) is 0 Å². The number of hydrogen-bond acceptors (Lipinski definition) is 2. The molecule has 1 atom stereocenters. The molecule has 1 saturated carbocycles. The molecule has 0 spiro atoms. The Balaban J connectivity index is 1.75. The van der Waals surface area contributed by atoms with Crippen molar-refractivity contribution in [2.75, 3.05) is 11.9 Å². The van der Waals surface area contributed by atoms with Crippen molar-refractivity contribution in [2.24, 2.45) is 0 Å². The van der Waals surface area contributed by atoms with Crippen LogP contribution < -0.4 is 10.6 Å². The van der Waals surface area contributed by atoms with E-state index in [9.17, 15) is 0 Å². The number of aryl methyl sites for hydroxylation is 1. The van der Waals surface area contributed by atoms with Gasteiger partial charge in [0.15, 0.2) is 0 Å². The molecule has 0 aromatic heterocycles. The van der Waals surface area contributed by atoms with E-state index in [0.717, 1.165) is 12.6 Å². The van der Waals surface area contributed by atoms with Crippen LogP contribution in [0.1, 0.15) is 24.0 Å². The first-order valence-electron chi connectivity index (χ1n) is 5.91. The predicted octanol–water partition coefficient (Wildman–Crippen LogP) is 2.08. The van der Waals surface area contributed by atoms with Crippen LogP contribution in [0, 0.1) is 6.92 Å². The van der Waals surface area contributed by atoms with E-state index in [4.69, 9.17) is 0 Å². The maximum absolute atomic E-state index is 3.69. The first kappa shape index (κ1) is 9.22. The lowest BCUT2D eigenvalue weighted by Gasteiger charge is -2.27. The molecular weight excluding hydrogens is 184 g/mol. The van der Waals surface area contributed by atoms with Gasteiger partial charge in [-0.3, -0.25) is 0 Å². The van der Waals surface area contributed by atoms with Gasteiger partial charge in [-0.25, -0.2) is 0 Å². The normalized spacial score (nSPS) is 24.5. The third-order valence-electron chi connectivity index (χ3n) is 3.31. The highest BCUT2D eigenvalue weighted by atomic mass is 15.0. The molecule has 0 amide bonds. The van der Waals surface area contributed by atoms with Gasteiger partial charge in [-0.05, 0) is 37.8 Å².